The van der Waals surface area contributed by atoms with Crippen molar-refractivity contribution >= 4 is 24.0 Å². The van der Waals surface area contributed by atoms with E-state index in [2.05, 4.69) is 15.7 Å². The summed E-state index contributed by atoms with van der Waals surface area (Å²) in [7, 11) is 0. The number of hydrogen-bond acceptors (Lipinski definition) is 3. The molecular weight excluding hydrogens is 240 g/mol. The van der Waals surface area contributed by atoms with Crippen LogP contribution in [-0.4, -0.2) is 28.3 Å². The maximum Gasteiger partial charge on any atom is 0.241 e. The topological polar surface area (TPSA) is 59.0 Å². The lowest BCUT2D eigenvalue weighted by atomic mass is 10.0. The molecule has 1 fully saturated rings. The molecule has 2 N–H and O–H groups in total. The smallest absolute Gasteiger partial charge is 0.241 e. The number of carbonyl (C=O) groups is 1. The van der Waals surface area contributed by atoms with E-state index < -0.39 is 0 Å². The number of aromatic nitrogens is 2. The van der Waals surface area contributed by atoms with Crippen LogP contribution in [0.3, 0.4) is 0 Å². The Morgan fingerprint density at radius 3 is 3.06 bits per heavy atom. The number of rotatable bonds is 3. The third-order valence-electron chi connectivity index (χ3n) is 2.85. The van der Waals surface area contributed by atoms with E-state index >= 15 is 0 Å². The summed E-state index contributed by atoms with van der Waals surface area (Å²) in [6.07, 6.45) is 6.75. The minimum absolute atomic E-state index is 0. The van der Waals surface area contributed by atoms with E-state index in [1.165, 1.54) is 0 Å². The largest absolute Gasteiger partial charge is 0.322 e. The zero-order chi connectivity index (χ0) is 11.4. The van der Waals surface area contributed by atoms with Crippen molar-refractivity contribution in [1.82, 2.24) is 15.1 Å². The normalized spacial score (nSPS) is 19.5. The number of nitrogens with one attached hydrogen (secondary N) is 2. The van der Waals surface area contributed by atoms with Gasteiger partial charge in [-0.05, 0) is 26.3 Å². The molecule has 0 aromatic carbocycles. The number of amides is 1. The highest BCUT2D eigenvalue weighted by Gasteiger charge is 2.20. The number of aryl methyl sites for hydroxylation is 1. The highest BCUT2D eigenvalue weighted by molar-refractivity contribution is 5.94. The molecule has 0 spiro atoms. The minimum atomic E-state index is -0.0428. The molecule has 5 nitrogen and oxygen atoms in total. The van der Waals surface area contributed by atoms with Crippen molar-refractivity contribution in [3.63, 3.8) is 0 Å². The average molecular weight is 259 g/mol. The van der Waals surface area contributed by atoms with Crippen LogP contribution < -0.4 is 10.6 Å². The summed E-state index contributed by atoms with van der Waals surface area (Å²) in [6.45, 7) is 3.77. The van der Waals surface area contributed by atoms with Gasteiger partial charge >= 0.3 is 0 Å². The lowest BCUT2D eigenvalue weighted by Gasteiger charge is -2.22. The van der Waals surface area contributed by atoms with Crippen molar-refractivity contribution in [2.24, 2.45) is 0 Å². The van der Waals surface area contributed by atoms with Crippen LogP contribution in [0.4, 0.5) is 5.69 Å². The molecule has 6 heteroatoms. The predicted octanol–water partition coefficient (Wildman–Crippen LogP) is 1.41. The van der Waals surface area contributed by atoms with Crippen LogP contribution in [0.25, 0.3) is 0 Å². The van der Waals surface area contributed by atoms with Crippen LogP contribution in [0.15, 0.2) is 12.4 Å². The van der Waals surface area contributed by atoms with E-state index in [-0.39, 0.29) is 24.4 Å². The second-order valence-electron chi connectivity index (χ2n) is 4.08. The van der Waals surface area contributed by atoms with Gasteiger partial charge in [-0.3, -0.25) is 9.48 Å². The molecule has 17 heavy (non-hydrogen) atoms. The van der Waals surface area contributed by atoms with Gasteiger partial charge in [-0.15, -0.1) is 12.4 Å². The molecule has 0 radical (unpaired) electrons. The Morgan fingerprint density at radius 1 is 1.65 bits per heavy atom. The fraction of sp³-hybridized carbons (Fsp3) is 0.636. The molecule has 0 saturated carbocycles. The molecule has 1 atom stereocenters. The van der Waals surface area contributed by atoms with Crippen molar-refractivity contribution in [2.45, 2.75) is 38.8 Å². The number of piperidine rings is 1. The first-order chi connectivity index (χ1) is 7.79. The zero-order valence-corrected chi connectivity index (χ0v) is 10.8. The van der Waals surface area contributed by atoms with Crippen LogP contribution in [-0.2, 0) is 11.3 Å². The van der Waals surface area contributed by atoms with E-state index in [1.54, 1.807) is 10.9 Å². The van der Waals surface area contributed by atoms with Crippen LogP contribution in [0.2, 0.25) is 0 Å². The lowest BCUT2D eigenvalue weighted by molar-refractivity contribution is -0.118. The first-order valence-electron chi connectivity index (χ1n) is 5.86. The highest BCUT2D eigenvalue weighted by Crippen LogP contribution is 2.10. The summed E-state index contributed by atoms with van der Waals surface area (Å²) in [5.74, 6) is 0.0513. The van der Waals surface area contributed by atoms with Gasteiger partial charge in [0, 0.05) is 12.7 Å². The molecule has 1 amide bonds. The monoisotopic (exact) mass is 258 g/mol. The van der Waals surface area contributed by atoms with Gasteiger partial charge in [-0.1, -0.05) is 6.42 Å². The van der Waals surface area contributed by atoms with Crippen LogP contribution in [0, 0.1) is 0 Å². The van der Waals surface area contributed by atoms with E-state index in [4.69, 9.17) is 0 Å². The molecule has 1 saturated heterocycles. The Morgan fingerprint density at radius 2 is 2.47 bits per heavy atom. The maximum atomic E-state index is 11.9. The Kier molecular flexibility index (Phi) is 5.44. The van der Waals surface area contributed by atoms with Crippen molar-refractivity contribution < 1.29 is 4.79 Å². The van der Waals surface area contributed by atoms with E-state index in [0.717, 1.165) is 38.0 Å². The third kappa shape index (κ3) is 3.71. The molecule has 2 rings (SSSR count). The fourth-order valence-electron chi connectivity index (χ4n) is 1.91. The van der Waals surface area contributed by atoms with Gasteiger partial charge in [0.2, 0.25) is 5.91 Å². The third-order valence-corrected chi connectivity index (χ3v) is 2.85. The average Bonchev–Trinajstić information content (AvgIpc) is 2.78. The van der Waals surface area contributed by atoms with Crippen molar-refractivity contribution in [3.05, 3.63) is 12.4 Å². The number of carbonyl (C=O) groups excluding carboxylic acids is 1. The first kappa shape index (κ1) is 14.0. The number of hydrogen-bond donors (Lipinski definition) is 2. The molecule has 1 aliphatic heterocycles. The van der Waals surface area contributed by atoms with Crippen LogP contribution in [0.1, 0.15) is 26.2 Å². The van der Waals surface area contributed by atoms with Crippen LogP contribution >= 0.6 is 12.4 Å². The molecule has 2 heterocycles. The van der Waals surface area contributed by atoms with Crippen molar-refractivity contribution in [1.29, 1.82) is 0 Å². The van der Waals surface area contributed by atoms with Gasteiger partial charge < -0.3 is 10.6 Å². The van der Waals surface area contributed by atoms with Crippen molar-refractivity contribution in [2.75, 3.05) is 11.9 Å². The summed E-state index contributed by atoms with van der Waals surface area (Å²) in [4.78, 5) is 11.9. The fourth-order valence-corrected chi connectivity index (χ4v) is 1.91. The molecule has 1 aromatic rings. The van der Waals surface area contributed by atoms with Crippen LogP contribution in [0.5, 0.6) is 0 Å². The second-order valence-corrected chi connectivity index (χ2v) is 4.08. The SMILES string of the molecule is CCn1cc(NC(=O)C2CCCCN2)cn1.Cl. The van der Waals surface area contributed by atoms with Crippen molar-refractivity contribution in [3.8, 4) is 0 Å². The first-order valence-corrected chi connectivity index (χ1v) is 5.86. The lowest BCUT2D eigenvalue weighted by Crippen LogP contribution is -2.43. The van der Waals surface area contributed by atoms with E-state index in [0.29, 0.717) is 0 Å². The Balaban J connectivity index is 0.00000144. The Labute approximate surface area is 107 Å². The molecule has 0 bridgehead atoms. The second kappa shape index (κ2) is 6.61. The summed E-state index contributed by atoms with van der Waals surface area (Å²) in [6, 6.07) is -0.0428. The summed E-state index contributed by atoms with van der Waals surface area (Å²) >= 11 is 0. The molecule has 96 valence electrons. The highest BCUT2D eigenvalue weighted by atomic mass is 35.5. The molecular formula is C11H19ClN4O. The van der Waals surface area contributed by atoms with Gasteiger partial charge in [0.15, 0.2) is 0 Å². The number of halogens is 1. The number of anilines is 1. The van der Waals surface area contributed by atoms with Gasteiger partial charge in [0.25, 0.3) is 0 Å². The van der Waals surface area contributed by atoms with Gasteiger partial charge in [0.1, 0.15) is 0 Å². The molecule has 1 aromatic heterocycles. The minimum Gasteiger partial charge on any atom is -0.322 e. The number of nitrogens with zero attached hydrogens (tertiary/aromatic N) is 2. The quantitative estimate of drug-likeness (QED) is 0.862. The predicted molar refractivity (Wildman–Crippen MR) is 69.4 cm³/mol. The zero-order valence-electron chi connectivity index (χ0n) is 9.98. The summed E-state index contributed by atoms with van der Waals surface area (Å²) < 4.78 is 1.80. The Hall–Kier alpha value is -1.07. The van der Waals surface area contributed by atoms with Gasteiger partial charge in [-0.2, -0.15) is 5.10 Å². The molecule has 1 aliphatic rings. The molecule has 1 unspecified atom stereocenters. The summed E-state index contributed by atoms with van der Waals surface area (Å²) in [5.41, 5.74) is 0.777. The standard InChI is InChI=1S/C11H18N4O.ClH/c1-2-15-8-9(7-13-15)14-11(16)10-5-3-4-6-12-10;/h7-8,10,12H,2-6H2,1H3,(H,14,16);1H. The maximum absolute atomic E-state index is 11.9. The summed E-state index contributed by atoms with van der Waals surface area (Å²) in [5, 5.41) is 10.2. The van der Waals surface area contributed by atoms with E-state index in [9.17, 15) is 4.79 Å². The Bertz CT molecular complexity index is 360. The van der Waals surface area contributed by atoms with Gasteiger partial charge in [0.05, 0.1) is 17.9 Å². The van der Waals surface area contributed by atoms with Gasteiger partial charge in [-0.25, -0.2) is 0 Å². The molecule has 0 aliphatic carbocycles. The van der Waals surface area contributed by atoms with E-state index in [1.807, 2.05) is 13.1 Å².